The quantitative estimate of drug-likeness (QED) is 0.00627. The van der Waals surface area contributed by atoms with Gasteiger partial charge in [-0.25, -0.2) is 52.1 Å². The van der Waals surface area contributed by atoms with Crippen molar-refractivity contribution in [2.24, 2.45) is 0 Å². The van der Waals surface area contributed by atoms with Crippen LogP contribution in [0.25, 0.3) is 0 Å². The van der Waals surface area contributed by atoms with Crippen LogP contribution in [0.5, 0.6) is 0 Å². The first-order valence-corrected chi connectivity index (χ1v) is 42.5. The molecule has 8 aromatic carbocycles. The third-order valence-corrected chi connectivity index (χ3v) is 17.5. The van der Waals surface area contributed by atoms with E-state index in [1.165, 1.54) is 55.8 Å². The number of carbonyl (C=O) groups is 9. The number of nitrogens with zero attached hydrogens (tertiary/aromatic N) is 9. The molecule has 0 fully saturated rings. The monoisotopic (exact) mass is 1970 g/mol. The van der Waals surface area contributed by atoms with Gasteiger partial charge in [0.1, 0.15) is 146 Å². The first-order valence-electron chi connectivity index (χ1n) is 42.5. The van der Waals surface area contributed by atoms with Gasteiger partial charge in [-0.2, -0.15) is 0 Å². The number of nitro groups is 3. The van der Waals surface area contributed by atoms with Gasteiger partial charge < -0.3 is 137 Å². The number of carbonyl (C=O) groups excluding carboxylic acids is 9. The number of aromatic nitrogens is 6. The Morgan fingerprint density at radius 3 is 0.716 bits per heavy atom. The Hall–Kier alpha value is -15.7. The van der Waals surface area contributed by atoms with E-state index in [2.05, 4.69) is 19.7 Å². The molecule has 3 aromatic heterocycles. The van der Waals surface area contributed by atoms with Crippen molar-refractivity contribution < 1.29 is 165 Å². The number of aliphatic hydroxyl groups is 7. The second-order valence-corrected chi connectivity index (χ2v) is 28.1. The summed E-state index contributed by atoms with van der Waals surface area (Å²) >= 11 is 0. The maximum atomic E-state index is 12.2. The molecule has 141 heavy (non-hydrogen) atoms. The number of aliphatic hydroxyl groups excluding tert-OH is 7. The molecule has 0 aliphatic heterocycles. The fourth-order valence-electron chi connectivity index (χ4n) is 10.4. The molecule has 11 rings (SSSR count). The average Bonchev–Trinajstić information content (AvgIpc) is 1.75. The highest BCUT2D eigenvalue weighted by Crippen LogP contribution is 2.17. The summed E-state index contributed by atoms with van der Waals surface area (Å²) in [5.74, 6) is -5.63. The molecule has 7 N–H and O–H groups in total. The zero-order chi connectivity index (χ0) is 103. The van der Waals surface area contributed by atoms with Crippen LogP contribution in [0, 0.1) is 30.3 Å². The zero-order valence-corrected chi connectivity index (χ0v) is 76.4. The Labute approximate surface area is 805 Å². The van der Waals surface area contributed by atoms with Crippen molar-refractivity contribution >= 4 is 71.6 Å². The van der Waals surface area contributed by atoms with Gasteiger partial charge in [0.15, 0.2) is 20.2 Å². The maximum Gasteiger partial charge on any atom is 0.436 e. The molecule has 0 amide bonds. The summed E-state index contributed by atoms with van der Waals surface area (Å²) in [5.41, 5.74) is 3.32. The Morgan fingerprint density at radius 2 is 0.511 bits per heavy atom. The highest BCUT2D eigenvalue weighted by molar-refractivity contribution is 5.93. The van der Waals surface area contributed by atoms with Crippen LogP contribution in [-0.2, 0) is 96.0 Å². The van der Waals surface area contributed by atoms with Gasteiger partial charge in [-0.3, -0.25) is 4.79 Å². The number of ether oxygens (including phenoxy) is 15. The second kappa shape index (κ2) is 68.3. The van der Waals surface area contributed by atoms with Crippen molar-refractivity contribution in [1.82, 2.24) is 28.7 Å². The number of esters is 9. The molecular weight excluding hydrogens is 1860 g/mol. The first kappa shape index (κ1) is 116. The van der Waals surface area contributed by atoms with Crippen LogP contribution >= 0.6 is 0 Å². The van der Waals surface area contributed by atoms with Gasteiger partial charge >= 0.3 is 71.6 Å². The summed E-state index contributed by atoms with van der Waals surface area (Å²) in [6.45, 7) is 0.0214. The minimum atomic E-state index is -1.07. The number of benzene rings is 8. The fraction of sp³-hybridized carbons (Fsp3) is 0.305. The molecule has 0 radical (unpaired) electrons. The lowest BCUT2D eigenvalue weighted by Gasteiger charge is -2.17. The summed E-state index contributed by atoms with van der Waals surface area (Å²) < 4.78 is 80.9. The molecule has 46 heteroatoms. The molecule has 1 atom stereocenters. The SMILES string of the molecule is CC(=O)OCC(CO)OCn1ccnc1[N+](=O)[O-].CCOC(COC(=O)c1ccccc1)COC(=O)c1ccccc1.COCOC(COC(=O)c1ccccc1)COC(=O)c1ccccc1.O=C(OCC(COC(=O)c1ccccc1)OCn1ccnc1[N+](=O)[O-])c1ccccc1.O=C(OCC(O)COC(=O)c1ccccc1)c1ccccc1.O=[N+]([O-])c1nccn1COC(CO)CO.OCC(O)CO. The van der Waals surface area contributed by atoms with E-state index in [1.807, 2.05) is 31.2 Å². The fourth-order valence-corrected chi connectivity index (χ4v) is 10.4. The summed E-state index contributed by atoms with van der Waals surface area (Å²) in [6.07, 6.45) is 2.44. The molecule has 0 saturated heterocycles. The summed E-state index contributed by atoms with van der Waals surface area (Å²) in [6, 6.07) is 68.3. The predicted molar refractivity (Wildman–Crippen MR) is 491 cm³/mol. The lowest BCUT2D eigenvalue weighted by molar-refractivity contribution is -0.398. The van der Waals surface area contributed by atoms with E-state index in [0.29, 0.717) is 51.1 Å². The molecule has 754 valence electrons. The molecule has 0 spiro atoms. The maximum absolute atomic E-state index is 12.2. The van der Waals surface area contributed by atoms with E-state index >= 15 is 0 Å². The average molecular weight is 1970 g/mol. The van der Waals surface area contributed by atoms with Crippen LogP contribution < -0.4 is 0 Å². The third-order valence-electron chi connectivity index (χ3n) is 17.5. The molecule has 11 aromatic rings. The van der Waals surface area contributed by atoms with Crippen molar-refractivity contribution in [2.45, 2.75) is 76.8 Å². The van der Waals surface area contributed by atoms with Crippen molar-refractivity contribution in [3.8, 4) is 0 Å². The smallest absolute Gasteiger partial charge is 0.436 e. The standard InChI is InChI=1S/C21H19N3O7.C19H20O6.C19H20O5.C17H16O5.C9H13N3O6.C7H11N3O5.C3H8O3/c25-19(16-7-3-1-4-8-16)29-13-18(14-30-20(26)17-9-5-2-6-10-17)31-15-23-12-11-22-21(23)24(27)28;1-22-14-25-17(12-23-18(20)15-8-4-2-5-9-15)13-24-19(21)16-10-6-3-7-11-16;1-2-22-17(13-23-18(20)15-9-5-3-6-10-15)14-24-19(21)16-11-7-4-8-12-16;18-15(11-21-16(19)13-7-3-1-4-8-13)12-22-17(20)14-9-5-2-6-10-14;1-7(14)17-5-8(4-13)18-6-11-3-2-10-9(11)12(15)16;11-3-6(4-12)15-5-9-2-1-8-7(9)10(13)14;4-1-3(6)2-5/h1-12,18H,13-15H2;2-11,17H,12-14H2,1H3;3-12,17H,2,13-14H2,1H3;1-10,15,18H,11-12H2;2-3,8,13H,4-6H2,1H3;1-2,6,11-12H,3-5H2;3-6H,1-2H2. The topological polar surface area (TPSA) is 617 Å². The molecule has 0 saturated carbocycles. The van der Waals surface area contributed by atoms with Crippen molar-refractivity contribution in [1.29, 1.82) is 0 Å². The number of rotatable bonds is 48. The van der Waals surface area contributed by atoms with Gasteiger partial charge in [-0.15, -0.1) is 0 Å². The summed E-state index contributed by atoms with van der Waals surface area (Å²) in [7, 11) is 1.48. The van der Waals surface area contributed by atoms with Crippen LogP contribution in [-0.4, -0.2) is 289 Å². The van der Waals surface area contributed by atoms with Gasteiger partial charge in [0.05, 0.1) is 77.5 Å². The highest BCUT2D eigenvalue weighted by atomic mass is 16.7. The van der Waals surface area contributed by atoms with Crippen LogP contribution in [0.4, 0.5) is 17.8 Å². The van der Waals surface area contributed by atoms with Gasteiger partial charge in [0.25, 0.3) is 0 Å². The van der Waals surface area contributed by atoms with E-state index in [0.717, 1.165) is 9.13 Å². The van der Waals surface area contributed by atoms with Crippen LogP contribution in [0.15, 0.2) is 280 Å². The van der Waals surface area contributed by atoms with Crippen molar-refractivity contribution in [2.75, 3.05) is 113 Å². The van der Waals surface area contributed by atoms with Crippen LogP contribution in [0.1, 0.15) is 96.7 Å². The predicted octanol–water partition coefficient (Wildman–Crippen LogP) is 7.84. The lowest BCUT2D eigenvalue weighted by Crippen LogP contribution is -2.29. The summed E-state index contributed by atoms with van der Waals surface area (Å²) in [4.78, 5) is 147. The molecule has 3 heterocycles. The highest BCUT2D eigenvalue weighted by Gasteiger charge is 2.25. The zero-order valence-electron chi connectivity index (χ0n) is 76.4. The lowest BCUT2D eigenvalue weighted by atomic mass is 10.2. The van der Waals surface area contributed by atoms with Crippen molar-refractivity contribution in [3.63, 3.8) is 0 Å². The van der Waals surface area contributed by atoms with E-state index in [9.17, 15) is 78.6 Å². The third kappa shape index (κ3) is 46.8. The Balaban J connectivity index is 0.000000298. The number of methoxy groups -OCH3 is 1. The number of imidazole rings is 3. The molecule has 0 bridgehead atoms. The molecular formula is C95H107N9O37. The van der Waals surface area contributed by atoms with Gasteiger partial charge in [0.2, 0.25) is 0 Å². The minimum Gasteiger partial charge on any atom is -0.463 e. The van der Waals surface area contributed by atoms with Gasteiger partial charge in [0, 0.05) is 20.6 Å². The van der Waals surface area contributed by atoms with Crippen LogP contribution in [0.2, 0.25) is 0 Å². The van der Waals surface area contributed by atoms with E-state index < -0.39 is 117 Å². The van der Waals surface area contributed by atoms with E-state index in [1.54, 1.807) is 218 Å². The van der Waals surface area contributed by atoms with Crippen LogP contribution in [0.3, 0.4) is 0 Å². The Morgan fingerprint density at radius 1 is 0.298 bits per heavy atom. The molecule has 0 aliphatic rings. The normalized spacial score (nSPS) is 10.7. The van der Waals surface area contributed by atoms with Gasteiger partial charge in [-0.05, 0) is 119 Å². The Kier molecular flexibility index (Phi) is 56.1. The number of hydrogen-bond acceptors (Lipinski definition) is 40. The minimum absolute atomic E-state index is 0.00353. The van der Waals surface area contributed by atoms with Gasteiger partial charge in [-0.1, -0.05) is 161 Å². The molecule has 1 unspecified atom stereocenters. The molecule has 0 aliphatic carbocycles. The number of hydrogen-bond donors (Lipinski definition) is 7. The largest absolute Gasteiger partial charge is 0.463 e. The molecule has 46 nitrogen and oxygen atoms in total. The Bertz CT molecular complexity index is 5220. The second-order valence-electron chi connectivity index (χ2n) is 28.1. The van der Waals surface area contributed by atoms with Crippen molar-refractivity contribution in [3.05, 3.63) is 355 Å². The summed E-state index contributed by atoms with van der Waals surface area (Å²) in [5, 5.41) is 92.0. The first-order chi connectivity index (χ1) is 68.1. The van der Waals surface area contributed by atoms with E-state index in [-0.39, 0.29) is 131 Å². The van der Waals surface area contributed by atoms with E-state index in [4.69, 9.17) is 97.0 Å².